The Bertz CT molecular complexity index is 579. The molecule has 0 aliphatic rings. The smallest absolute Gasteiger partial charge is 0.138 e. The van der Waals surface area contributed by atoms with Gasteiger partial charge in [0, 0.05) is 31.4 Å². The minimum atomic E-state index is 0.873. The van der Waals surface area contributed by atoms with Crippen LogP contribution in [0.5, 0.6) is 0 Å². The van der Waals surface area contributed by atoms with E-state index in [1.807, 2.05) is 0 Å². The molecule has 0 radical (unpaired) electrons. The Morgan fingerprint density at radius 3 is 2.24 bits per heavy atom. The maximum absolute atomic E-state index is 4.46. The zero-order valence-corrected chi connectivity index (χ0v) is 13.4. The van der Waals surface area contributed by atoms with Gasteiger partial charge in [0.05, 0.1) is 0 Å². The number of hydrogen-bond donors (Lipinski definition) is 0. The predicted molar refractivity (Wildman–Crippen MR) is 89.5 cm³/mol. The largest absolute Gasteiger partial charge is 0.357 e. The van der Waals surface area contributed by atoms with E-state index < -0.39 is 0 Å². The molecule has 0 N–H and O–H groups in total. The molecule has 0 aliphatic heterocycles. The van der Waals surface area contributed by atoms with E-state index in [2.05, 4.69) is 77.8 Å². The number of benzene rings is 1. The average Bonchev–Trinajstić information content (AvgIpc) is 2.50. The van der Waals surface area contributed by atoms with Crippen molar-refractivity contribution in [2.24, 2.45) is 0 Å². The molecule has 0 atom stereocenters. The maximum Gasteiger partial charge on any atom is 0.138 e. The summed E-state index contributed by atoms with van der Waals surface area (Å²) in [6.45, 7) is 11.3. The van der Waals surface area contributed by atoms with Crippen LogP contribution in [0.25, 0.3) is 0 Å². The molecular weight excluding hydrogens is 260 g/mol. The fraction of sp³-hybridized carbons (Fsp3) is 0.412. The molecule has 0 unspecified atom stereocenters. The van der Waals surface area contributed by atoms with Crippen LogP contribution in [-0.4, -0.2) is 29.6 Å². The maximum atomic E-state index is 4.46. The minimum absolute atomic E-state index is 0.873. The Morgan fingerprint density at radius 1 is 0.905 bits per heavy atom. The lowest BCUT2D eigenvalue weighted by atomic mass is 10.2. The van der Waals surface area contributed by atoms with E-state index in [4.69, 9.17) is 0 Å². The highest BCUT2D eigenvalue weighted by Crippen LogP contribution is 2.26. The minimum Gasteiger partial charge on any atom is -0.357 e. The summed E-state index contributed by atoms with van der Waals surface area (Å²) >= 11 is 0. The Balaban J connectivity index is 2.36. The summed E-state index contributed by atoms with van der Waals surface area (Å²) in [7, 11) is 0. The van der Waals surface area contributed by atoms with Crippen LogP contribution in [0.15, 0.2) is 36.7 Å². The van der Waals surface area contributed by atoms with E-state index >= 15 is 0 Å². The normalized spacial score (nSPS) is 10.5. The molecule has 0 bridgehead atoms. The number of aryl methyl sites for hydroxylation is 1. The van der Waals surface area contributed by atoms with Gasteiger partial charge < -0.3 is 9.80 Å². The Morgan fingerprint density at radius 2 is 1.62 bits per heavy atom. The molecule has 1 aromatic carbocycles. The van der Waals surface area contributed by atoms with Crippen molar-refractivity contribution in [2.75, 3.05) is 29.4 Å². The topological polar surface area (TPSA) is 32.3 Å². The summed E-state index contributed by atoms with van der Waals surface area (Å²) in [6, 6.07) is 10.6. The van der Waals surface area contributed by atoms with Gasteiger partial charge in [0.1, 0.15) is 18.0 Å². The summed E-state index contributed by atoms with van der Waals surface area (Å²) in [5.41, 5.74) is 2.42. The van der Waals surface area contributed by atoms with Crippen molar-refractivity contribution in [2.45, 2.75) is 27.7 Å². The third kappa shape index (κ3) is 3.51. The van der Waals surface area contributed by atoms with E-state index in [1.54, 1.807) is 6.33 Å². The van der Waals surface area contributed by atoms with E-state index in [9.17, 15) is 0 Å². The molecule has 0 amide bonds. The first-order chi connectivity index (χ1) is 10.2. The number of anilines is 3. The molecule has 0 aliphatic carbocycles. The van der Waals surface area contributed by atoms with Gasteiger partial charge in [-0.15, -0.1) is 0 Å². The first-order valence-corrected chi connectivity index (χ1v) is 7.60. The van der Waals surface area contributed by atoms with Crippen LogP contribution in [0, 0.1) is 6.92 Å². The molecule has 0 fully saturated rings. The molecule has 4 heteroatoms. The molecule has 2 aromatic rings. The van der Waals surface area contributed by atoms with Gasteiger partial charge in [-0.2, -0.15) is 0 Å². The second-order valence-corrected chi connectivity index (χ2v) is 4.99. The highest BCUT2D eigenvalue weighted by molar-refractivity contribution is 5.63. The third-order valence-corrected chi connectivity index (χ3v) is 3.63. The van der Waals surface area contributed by atoms with Crippen LogP contribution in [0.3, 0.4) is 0 Å². The molecule has 112 valence electrons. The van der Waals surface area contributed by atoms with Crippen LogP contribution >= 0.6 is 0 Å². The van der Waals surface area contributed by atoms with Crippen molar-refractivity contribution in [1.29, 1.82) is 0 Å². The fourth-order valence-electron chi connectivity index (χ4n) is 2.48. The van der Waals surface area contributed by atoms with Crippen molar-refractivity contribution < 1.29 is 0 Å². The van der Waals surface area contributed by atoms with E-state index in [0.29, 0.717) is 0 Å². The molecule has 0 saturated carbocycles. The van der Waals surface area contributed by atoms with E-state index in [1.165, 1.54) is 11.3 Å². The van der Waals surface area contributed by atoms with Crippen LogP contribution in [0.2, 0.25) is 0 Å². The van der Waals surface area contributed by atoms with Crippen molar-refractivity contribution in [3.05, 3.63) is 42.2 Å². The van der Waals surface area contributed by atoms with Gasteiger partial charge in [-0.3, -0.25) is 0 Å². The molecule has 1 aromatic heterocycles. The van der Waals surface area contributed by atoms with Crippen molar-refractivity contribution in [3.63, 3.8) is 0 Å². The molecule has 0 saturated heterocycles. The van der Waals surface area contributed by atoms with Gasteiger partial charge in [-0.05, 0) is 45.4 Å². The number of nitrogens with zero attached hydrogens (tertiary/aromatic N) is 4. The first kappa shape index (κ1) is 15.3. The first-order valence-electron chi connectivity index (χ1n) is 7.60. The van der Waals surface area contributed by atoms with Gasteiger partial charge in [-0.1, -0.05) is 12.1 Å². The monoisotopic (exact) mass is 284 g/mol. The third-order valence-electron chi connectivity index (χ3n) is 3.63. The lowest BCUT2D eigenvalue weighted by Crippen LogP contribution is -2.24. The van der Waals surface area contributed by atoms with Crippen LogP contribution in [0.4, 0.5) is 17.3 Å². The summed E-state index contributed by atoms with van der Waals surface area (Å²) in [4.78, 5) is 13.3. The lowest BCUT2D eigenvalue weighted by molar-refractivity contribution is 0.838. The van der Waals surface area contributed by atoms with Crippen LogP contribution in [-0.2, 0) is 0 Å². The number of aromatic nitrogens is 2. The van der Waals surface area contributed by atoms with Gasteiger partial charge in [0.15, 0.2) is 0 Å². The number of rotatable bonds is 6. The fourth-order valence-corrected chi connectivity index (χ4v) is 2.48. The summed E-state index contributed by atoms with van der Waals surface area (Å²) in [6.07, 6.45) is 1.65. The van der Waals surface area contributed by atoms with Gasteiger partial charge >= 0.3 is 0 Å². The van der Waals surface area contributed by atoms with Crippen molar-refractivity contribution in [3.8, 4) is 0 Å². The quantitative estimate of drug-likeness (QED) is 0.808. The molecule has 21 heavy (non-hydrogen) atoms. The van der Waals surface area contributed by atoms with Crippen molar-refractivity contribution in [1.82, 2.24) is 9.97 Å². The Labute approximate surface area is 127 Å². The predicted octanol–water partition coefficient (Wildman–Crippen LogP) is 3.79. The summed E-state index contributed by atoms with van der Waals surface area (Å²) in [5, 5.41) is 0. The molecular formula is C17H24N4. The van der Waals surface area contributed by atoms with Crippen LogP contribution in [0.1, 0.15) is 26.3 Å². The molecule has 4 nitrogen and oxygen atoms in total. The second-order valence-electron chi connectivity index (χ2n) is 4.99. The second kappa shape index (κ2) is 7.07. The summed E-state index contributed by atoms with van der Waals surface area (Å²) < 4.78 is 0. The molecule has 2 rings (SSSR count). The zero-order valence-electron chi connectivity index (χ0n) is 13.4. The Kier molecular flexibility index (Phi) is 5.14. The Hall–Kier alpha value is -2.10. The lowest BCUT2D eigenvalue weighted by Gasteiger charge is -2.25. The zero-order chi connectivity index (χ0) is 15.2. The molecule has 1 heterocycles. The van der Waals surface area contributed by atoms with E-state index in [-0.39, 0.29) is 0 Å². The standard InChI is InChI=1S/C17H24N4/c1-5-20(6-2)16-12-17(19-13-18-16)21(7-3)15-10-8-9-14(4)11-15/h8-13H,5-7H2,1-4H3. The highest BCUT2D eigenvalue weighted by atomic mass is 15.2. The van der Waals surface area contributed by atoms with Gasteiger partial charge in [0.25, 0.3) is 0 Å². The van der Waals surface area contributed by atoms with Gasteiger partial charge in [0.2, 0.25) is 0 Å². The van der Waals surface area contributed by atoms with Crippen LogP contribution < -0.4 is 9.80 Å². The van der Waals surface area contributed by atoms with E-state index in [0.717, 1.165) is 31.3 Å². The highest BCUT2D eigenvalue weighted by Gasteiger charge is 2.12. The van der Waals surface area contributed by atoms with Gasteiger partial charge in [-0.25, -0.2) is 9.97 Å². The number of hydrogen-bond acceptors (Lipinski definition) is 4. The molecule has 0 spiro atoms. The SMILES string of the molecule is CCN(CC)c1cc(N(CC)c2cccc(C)c2)ncn1. The summed E-state index contributed by atoms with van der Waals surface area (Å²) in [5.74, 6) is 1.93. The average molecular weight is 284 g/mol. The van der Waals surface area contributed by atoms with Crippen molar-refractivity contribution >= 4 is 17.3 Å².